The Morgan fingerprint density at radius 2 is 2.19 bits per heavy atom. The van der Waals surface area contributed by atoms with Crippen molar-refractivity contribution in [2.45, 2.75) is 26.2 Å². The molecule has 1 heterocycles. The number of nitrogens with one attached hydrogen (secondary N) is 1. The number of hydrogen-bond acceptors (Lipinski definition) is 5. The SMILES string of the molecule is COc1nccc(N(C)C)c1NC(=O)CCC(C)CCN. The maximum atomic E-state index is 12.1. The summed E-state index contributed by atoms with van der Waals surface area (Å²) >= 11 is 0. The first-order valence-corrected chi connectivity index (χ1v) is 7.19. The van der Waals surface area contributed by atoms with E-state index in [1.54, 1.807) is 13.3 Å². The summed E-state index contributed by atoms with van der Waals surface area (Å²) in [6.07, 6.45) is 3.88. The largest absolute Gasteiger partial charge is 0.479 e. The van der Waals surface area contributed by atoms with E-state index in [2.05, 4.69) is 17.2 Å². The highest BCUT2D eigenvalue weighted by Gasteiger charge is 2.15. The van der Waals surface area contributed by atoms with Crippen LogP contribution in [0.15, 0.2) is 12.3 Å². The molecule has 6 nitrogen and oxygen atoms in total. The Hall–Kier alpha value is -1.82. The fourth-order valence-electron chi connectivity index (χ4n) is 2.09. The number of nitrogens with zero attached hydrogens (tertiary/aromatic N) is 2. The molecule has 21 heavy (non-hydrogen) atoms. The molecule has 6 heteroatoms. The zero-order valence-electron chi connectivity index (χ0n) is 13.3. The molecule has 0 aromatic carbocycles. The molecule has 0 bridgehead atoms. The number of aromatic nitrogens is 1. The monoisotopic (exact) mass is 294 g/mol. The molecule has 1 aromatic rings. The highest BCUT2D eigenvalue weighted by Crippen LogP contribution is 2.32. The zero-order valence-corrected chi connectivity index (χ0v) is 13.3. The Morgan fingerprint density at radius 3 is 2.76 bits per heavy atom. The number of amides is 1. The number of hydrogen-bond donors (Lipinski definition) is 2. The molecule has 1 atom stereocenters. The van der Waals surface area contributed by atoms with Crippen molar-refractivity contribution >= 4 is 17.3 Å². The van der Waals surface area contributed by atoms with E-state index in [0.717, 1.165) is 18.5 Å². The smallest absolute Gasteiger partial charge is 0.239 e. The minimum Gasteiger partial charge on any atom is -0.479 e. The van der Waals surface area contributed by atoms with Crippen molar-refractivity contribution in [3.8, 4) is 5.88 Å². The third-order valence-corrected chi connectivity index (χ3v) is 3.36. The number of nitrogens with two attached hydrogens (primary N) is 1. The van der Waals surface area contributed by atoms with Crippen LogP contribution in [0.25, 0.3) is 0 Å². The number of rotatable bonds is 8. The molecule has 0 saturated heterocycles. The van der Waals surface area contributed by atoms with Crippen molar-refractivity contribution in [2.75, 3.05) is 38.0 Å². The molecule has 0 fully saturated rings. The van der Waals surface area contributed by atoms with E-state index in [-0.39, 0.29) is 5.91 Å². The van der Waals surface area contributed by atoms with Crippen LogP contribution in [0.2, 0.25) is 0 Å². The number of carbonyl (C=O) groups is 1. The molecular formula is C15H26N4O2. The van der Waals surface area contributed by atoms with E-state index in [9.17, 15) is 4.79 Å². The second-order valence-electron chi connectivity index (χ2n) is 5.38. The van der Waals surface area contributed by atoms with Crippen LogP contribution in [0.4, 0.5) is 11.4 Å². The molecule has 0 radical (unpaired) electrons. The number of carbonyl (C=O) groups excluding carboxylic acids is 1. The van der Waals surface area contributed by atoms with E-state index in [1.807, 2.05) is 25.1 Å². The standard InChI is InChI=1S/C15H26N4O2/c1-11(7-9-16)5-6-13(20)18-14-12(19(2)3)8-10-17-15(14)21-4/h8,10-11H,5-7,9,16H2,1-4H3,(H,18,20). The molecule has 0 saturated carbocycles. The third-order valence-electron chi connectivity index (χ3n) is 3.36. The fourth-order valence-corrected chi connectivity index (χ4v) is 2.09. The number of anilines is 2. The van der Waals surface area contributed by atoms with Gasteiger partial charge in [0.1, 0.15) is 5.69 Å². The van der Waals surface area contributed by atoms with E-state index >= 15 is 0 Å². The molecule has 1 amide bonds. The average Bonchev–Trinajstić information content (AvgIpc) is 2.45. The first-order chi connectivity index (χ1) is 9.99. The molecule has 118 valence electrons. The van der Waals surface area contributed by atoms with E-state index in [0.29, 0.717) is 30.5 Å². The lowest BCUT2D eigenvalue weighted by molar-refractivity contribution is -0.116. The fraction of sp³-hybridized carbons (Fsp3) is 0.600. The van der Waals surface area contributed by atoms with Gasteiger partial charge in [-0.1, -0.05) is 6.92 Å². The second kappa shape index (κ2) is 8.46. The van der Waals surface area contributed by atoms with Gasteiger partial charge in [0.2, 0.25) is 11.8 Å². The Balaban J connectivity index is 2.75. The highest BCUT2D eigenvalue weighted by molar-refractivity contribution is 5.95. The summed E-state index contributed by atoms with van der Waals surface area (Å²) < 4.78 is 5.23. The van der Waals surface area contributed by atoms with Crippen molar-refractivity contribution in [2.24, 2.45) is 11.7 Å². The van der Waals surface area contributed by atoms with Gasteiger partial charge in [-0.05, 0) is 31.4 Å². The van der Waals surface area contributed by atoms with E-state index in [4.69, 9.17) is 10.5 Å². The maximum absolute atomic E-state index is 12.1. The normalized spacial score (nSPS) is 11.9. The van der Waals surface area contributed by atoms with Gasteiger partial charge in [0, 0.05) is 26.7 Å². The van der Waals surface area contributed by atoms with Crippen LogP contribution in [0.3, 0.4) is 0 Å². The third kappa shape index (κ3) is 5.23. The summed E-state index contributed by atoms with van der Waals surface area (Å²) in [6.45, 7) is 2.76. The van der Waals surface area contributed by atoms with Crippen molar-refractivity contribution < 1.29 is 9.53 Å². The van der Waals surface area contributed by atoms with Gasteiger partial charge < -0.3 is 20.7 Å². The van der Waals surface area contributed by atoms with Crippen LogP contribution in [0.1, 0.15) is 26.2 Å². The molecule has 1 aromatic heterocycles. The molecule has 3 N–H and O–H groups in total. The van der Waals surface area contributed by atoms with E-state index < -0.39 is 0 Å². The Bertz CT molecular complexity index is 463. The maximum Gasteiger partial charge on any atom is 0.239 e. The Morgan fingerprint density at radius 1 is 1.48 bits per heavy atom. The molecule has 0 aliphatic carbocycles. The quantitative estimate of drug-likeness (QED) is 0.765. The molecule has 0 aliphatic heterocycles. The van der Waals surface area contributed by atoms with Crippen LogP contribution in [-0.2, 0) is 4.79 Å². The first kappa shape index (κ1) is 17.2. The van der Waals surface area contributed by atoms with Crippen molar-refractivity contribution in [1.29, 1.82) is 0 Å². The van der Waals surface area contributed by atoms with Crippen LogP contribution >= 0.6 is 0 Å². The number of pyridine rings is 1. The van der Waals surface area contributed by atoms with Gasteiger partial charge in [-0.3, -0.25) is 4.79 Å². The summed E-state index contributed by atoms with van der Waals surface area (Å²) in [7, 11) is 5.36. The number of ether oxygens (including phenoxy) is 1. The summed E-state index contributed by atoms with van der Waals surface area (Å²) in [5.41, 5.74) is 7.00. The summed E-state index contributed by atoms with van der Waals surface area (Å²) in [6, 6.07) is 1.84. The molecule has 1 unspecified atom stereocenters. The van der Waals surface area contributed by atoms with Gasteiger partial charge in [0.25, 0.3) is 0 Å². The summed E-state index contributed by atoms with van der Waals surface area (Å²) in [5.74, 6) is 0.836. The minimum absolute atomic E-state index is 0.0340. The predicted molar refractivity (Wildman–Crippen MR) is 85.8 cm³/mol. The summed E-state index contributed by atoms with van der Waals surface area (Å²) in [4.78, 5) is 18.2. The topological polar surface area (TPSA) is 80.5 Å². The van der Waals surface area contributed by atoms with Gasteiger partial charge in [-0.15, -0.1) is 0 Å². The van der Waals surface area contributed by atoms with Gasteiger partial charge in [0.15, 0.2) is 0 Å². The minimum atomic E-state index is -0.0340. The lowest BCUT2D eigenvalue weighted by atomic mass is 10.0. The van der Waals surface area contributed by atoms with E-state index in [1.165, 1.54) is 0 Å². The van der Waals surface area contributed by atoms with Crippen molar-refractivity contribution in [3.63, 3.8) is 0 Å². The van der Waals surface area contributed by atoms with Gasteiger partial charge in [0.05, 0.1) is 12.8 Å². The van der Waals surface area contributed by atoms with Crippen molar-refractivity contribution in [1.82, 2.24) is 4.98 Å². The zero-order chi connectivity index (χ0) is 15.8. The molecular weight excluding hydrogens is 268 g/mol. The highest BCUT2D eigenvalue weighted by atomic mass is 16.5. The van der Waals surface area contributed by atoms with Crippen molar-refractivity contribution in [3.05, 3.63) is 12.3 Å². The van der Waals surface area contributed by atoms with Crippen LogP contribution in [0, 0.1) is 5.92 Å². The lowest BCUT2D eigenvalue weighted by Gasteiger charge is -2.19. The van der Waals surface area contributed by atoms with Gasteiger partial charge in [-0.25, -0.2) is 4.98 Å². The van der Waals surface area contributed by atoms with Gasteiger partial charge >= 0.3 is 0 Å². The Labute approximate surface area is 126 Å². The second-order valence-corrected chi connectivity index (χ2v) is 5.38. The summed E-state index contributed by atoms with van der Waals surface area (Å²) in [5, 5.41) is 2.91. The molecule has 0 spiro atoms. The average molecular weight is 294 g/mol. The van der Waals surface area contributed by atoms with Crippen LogP contribution in [0.5, 0.6) is 5.88 Å². The van der Waals surface area contributed by atoms with Crippen LogP contribution in [-0.4, -0.2) is 38.6 Å². The molecule has 1 rings (SSSR count). The lowest BCUT2D eigenvalue weighted by Crippen LogP contribution is -2.18. The Kier molecular flexibility index (Phi) is 6.94. The number of methoxy groups -OCH3 is 1. The first-order valence-electron chi connectivity index (χ1n) is 7.19. The van der Waals surface area contributed by atoms with Gasteiger partial charge in [-0.2, -0.15) is 0 Å². The predicted octanol–water partition coefficient (Wildman–Crippen LogP) is 1.86. The van der Waals surface area contributed by atoms with Crippen LogP contribution < -0.4 is 20.7 Å². The molecule has 0 aliphatic rings.